The van der Waals surface area contributed by atoms with Crippen LogP contribution in [0.1, 0.15) is 47.3 Å². The van der Waals surface area contributed by atoms with Gasteiger partial charge in [0.2, 0.25) is 0 Å². The van der Waals surface area contributed by atoms with Crippen molar-refractivity contribution in [2.45, 2.75) is 50.9 Å². The van der Waals surface area contributed by atoms with Gasteiger partial charge in [-0.3, -0.25) is 9.78 Å². The molecule has 32 heavy (non-hydrogen) atoms. The molecule has 170 valence electrons. The molecule has 5 nitrogen and oxygen atoms in total. The van der Waals surface area contributed by atoms with Crippen molar-refractivity contribution in [3.8, 4) is 0 Å². The molecule has 0 radical (unpaired) electrons. The van der Waals surface area contributed by atoms with Gasteiger partial charge in [-0.15, -0.1) is 12.4 Å². The summed E-state index contributed by atoms with van der Waals surface area (Å²) >= 11 is 0. The van der Waals surface area contributed by atoms with Gasteiger partial charge >= 0.3 is 6.18 Å². The van der Waals surface area contributed by atoms with E-state index in [4.69, 9.17) is 4.98 Å². The smallest absolute Gasteiger partial charge is 0.367 e. The second kappa shape index (κ2) is 9.73. The van der Waals surface area contributed by atoms with E-state index in [-0.39, 0.29) is 30.1 Å². The molecule has 0 atom stereocenters. The number of nitrogens with one attached hydrogen (secondary N) is 2. The molecule has 0 saturated heterocycles. The number of alkyl halides is 3. The van der Waals surface area contributed by atoms with Gasteiger partial charge in [0.25, 0.3) is 5.91 Å². The highest BCUT2D eigenvalue weighted by atomic mass is 35.5. The molecule has 1 aliphatic rings. The molecule has 1 aromatic carbocycles. The third kappa shape index (κ3) is 5.48. The summed E-state index contributed by atoms with van der Waals surface area (Å²) in [6, 6.07) is 12.3. The maximum absolute atomic E-state index is 12.6. The van der Waals surface area contributed by atoms with Gasteiger partial charge in [-0.1, -0.05) is 18.2 Å². The number of hydrogen-bond donors (Lipinski definition) is 2. The van der Waals surface area contributed by atoms with Crippen LogP contribution in [0.25, 0.3) is 10.9 Å². The summed E-state index contributed by atoms with van der Waals surface area (Å²) in [4.78, 5) is 20.4. The highest BCUT2D eigenvalue weighted by molar-refractivity contribution is 5.94. The maximum Gasteiger partial charge on any atom is 0.433 e. The molecule has 0 unspecified atom stereocenters. The summed E-state index contributed by atoms with van der Waals surface area (Å²) in [5, 5.41) is 7.54. The molecule has 2 N–H and O–H groups in total. The number of halogens is 4. The van der Waals surface area contributed by atoms with Crippen LogP contribution in [-0.2, 0) is 6.18 Å². The number of pyridine rings is 2. The molecule has 9 heteroatoms. The molecule has 2 aromatic heterocycles. The zero-order valence-corrected chi connectivity index (χ0v) is 18.3. The third-order valence-electron chi connectivity index (χ3n) is 5.65. The van der Waals surface area contributed by atoms with Crippen LogP contribution >= 0.6 is 12.4 Å². The molecular weight excluding hydrogens is 441 g/mol. The quantitative estimate of drug-likeness (QED) is 0.532. The minimum absolute atomic E-state index is 0. The Kier molecular flexibility index (Phi) is 7.23. The topological polar surface area (TPSA) is 66.9 Å². The Labute approximate surface area is 190 Å². The maximum atomic E-state index is 12.6. The number of hydrogen-bond acceptors (Lipinski definition) is 4. The fraction of sp³-hybridized carbons (Fsp3) is 0.348. The van der Waals surface area contributed by atoms with Crippen LogP contribution in [0.2, 0.25) is 0 Å². The van der Waals surface area contributed by atoms with Crippen molar-refractivity contribution < 1.29 is 18.0 Å². The van der Waals surface area contributed by atoms with Gasteiger partial charge in [0.1, 0.15) is 11.5 Å². The number of para-hydroxylation sites is 1. The van der Waals surface area contributed by atoms with Crippen molar-refractivity contribution in [3.63, 3.8) is 0 Å². The Hall–Kier alpha value is -2.87. The van der Waals surface area contributed by atoms with Crippen molar-refractivity contribution in [2.75, 3.05) is 5.32 Å². The van der Waals surface area contributed by atoms with Gasteiger partial charge in [-0.05, 0) is 62.4 Å². The molecule has 4 rings (SSSR count). The summed E-state index contributed by atoms with van der Waals surface area (Å²) in [5.41, 5.74) is 1.24. The standard InChI is InChI=1S/C23H23F3N4O.ClH/c1-14-12-21(30-19-5-3-2-4-18(14)19)28-16-7-9-17(10-8-16)29-22(31)15-6-11-20(27-13-15)23(24,25)26;/h2-6,11-13,16-17H,7-10H2,1H3,(H,28,30)(H,29,31);1H/t16-,17+;. The summed E-state index contributed by atoms with van der Waals surface area (Å²) in [7, 11) is 0. The Morgan fingerprint density at radius 1 is 1.03 bits per heavy atom. The number of anilines is 1. The number of rotatable bonds is 4. The van der Waals surface area contributed by atoms with E-state index in [1.165, 1.54) is 5.56 Å². The number of amides is 1. The van der Waals surface area contributed by atoms with E-state index in [9.17, 15) is 18.0 Å². The second-order valence-corrected chi connectivity index (χ2v) is 7.94. The van der Waals surface area contributed by atoms with Crippen LogP contribution in [0.15, 0.2) is 48.7 Å². The van der Waals surface area contributed by atoms with Gasteiger partial charge in [-0.25, -0.2) is 4.98 Å². The number of aromatic nitrogens is 2. The fourth-order valence-electron chi connectivity index (χ4n) is 3.98. The zero-order valence-electron chi connectivity index (χ0n) is 17.4. The van der Waals surface area contributed by atoms with E-state index in [2.05, 4.69) is 28.6 Å². The molecule has 1 saturated carbocycles. The van der Waals surface area contributed by atoms with Gasteiger partial charge in [-0.2, -0.15) is 13.2 Å². The SMILES string of the molecule is Cc1cc(N[C@H]2CC[C@@H](NC(=O)c3ccc(C(F)(F)F)nc3)CC2)nc2ccccc12.Cl. The number of aryl methyl sites for hydroxylation is 1. The van der Waals surface area contributed by atoms with Gasteiger partial charge < -0.3 is 10.6 Å². The fourth-order valence-corrected chi connectivity index (χ4v) is 3.98. The first-order chi connectivity index (χ1) is 14.8. The molecular formula is C23H24ClF3N4O. The number of nitrogens with zero attached hydrogens (tertiary/aromatic N) is 2. The lowest BCUT2D eigenvalue weighted by atomic mass is 9.91. The van der Waals surface area contributed by atoms with E-state index in [1.54, 1.807) is 0 Å². The van der Waals surface area contributed by atoms with Gasteiger partial charge in [0.05, 0.1) is 11.1 Å². The first-order valence-electron chi connectivity index (χ1n) is 10.3. The minimum atomic E-state index is -4.52. The average molecular weight is 465 g/mol. The summed E-state index contributed by atoms with van der Waals surface area (Å²) in [6.45, 7) is 2.07. The predicted octanol–water partition coefficient (Wildman–Crippen LogP) is 5.53. The van der Waals surface area contributed by atoms with Crippen molar-refractivity contribution in [1.82, 2.24) is 15.3 Å². The molecule has 1 amide bonds. The van der Waals surface area contributed by atoms with Crippen molar-refractivity contribution >= 4 is 35.0 Å². The van der Waals surface area contributed by atoms with E-state index >= 15 is 0 Å². The lowest BCUT2D eigenvalue weighted by Crippen LogP contribution is -2.40. The molecule has 0 spiro atoms. The lowest BCUT2D eigenvalue weighted by molar-refractivity contribution is -0.141. The Bertz CT molecular complexity index is 1080. The predicted molar refractivity (Wildman–Crippen MR) is 120 cm³/mol. The van der Waals surface area contributed by atoms with Gasteiger partial charge in [0, 0.05) is 23.7 Å². The van der Waals surface area contributed by atoms with Crippen LogP contribution in [0.4, 0.5) is 19.0 Å². The van der Waals surface area contributed by atoms with Crippen molar-refractivity contribution in [1.29, 1.82) is 0 Å². The van der Waals surface area contributed by atoms with Gasteiger partial charge in [0.15, 0.2) is 0 Å². The van der Waals surface area contributed by atoms with E-state index in [1.807, 2.05) is 24.3 Å². The number of carbonyl (C=O) groups is 1. The van der Waals surface area contributed by atoms with Crippen LogP contribution in [-0.4, -0.2) is 28.0 Å². The second-order valence-electron chi connectivity index (χ2n) is 7.94. The molecule has 1 aliphatic carbocycles. The van der Waals surface area contributed by atoms with Crippen molar-refractivity contribution in [3.05, 3.63) is 65.5 Å². The number of benzene rings is 1. The molecule has 2 heterocycles. The molecule has 1 fully saturated rings. The van der Waals surface area contributed by atoms with Crippen LogP contribution in [0.5, 0.6) is 0 Å². The Morgan fingerprint density at radius 2 is 1.72 bits per heavy atom. The van der Waals surface area contributed by atoms with E-state index < -0.39 is 17.8 Å². The first-order valence-corrected chi connectivity index (χ1v) is 10.3. The number of carbonyl (C=O) groups excluding carboxylic acids is 1. The van der Waals surface area contributed by atoms with Crippen LogP contribution in [0, 0.1) is 6.92 Å². The Balaban J connectivity index is 0.00000289. The van der Waals surface area contributed by atoms with E-state index in [0.717, 1.165) is 60.7 Å². The van der Waals surface area contributed by atoms with Crippen molar-refractivity contribution in [2.24, 2.45) is 0 Å². The monoisotopic (exact) mass is 464 g/mol. The first kappa shape index (κ1) is 23.8. The normalized spacial score (nSPS) is 18.6. The summed E-state index contributed by atoms with van der Waals surface area (Å²) in [5.74, 6) is 0.448. The minimum Gasteiger partial charge on any atom is -0.367 e. The van der Waals surface area contributed by atoms with E-state index in [0.29, 0.717) is 0 Å². The highest BCUT2D eigenvalue weighted by Gasteiger charge is 2.32. The lowest BCUT2D eigenvalue weighted by Gasteiger charge is -2.30. The third-order valence-corrected chi connectivity index (χ3v) is 5.65. The van der Waals surface area contributed by atoms with Crippen LogP contribution in [0.3, 0.4) is 0 Å². The summed E-state index contributed by atoms with van der Waals surface area (Å²) < 4.78 is 37.8. The molecule has 3 aromatic rings. The zero-order chi connectivity index (χ0) is 22.0. The molecule has 0 bridgehead atoms. The van der Waals surface area contributed by atoms with Crippen LogP contribution < -0.4 is 10.6 Å². The average Bonchev–Trinajstić information content (AvgIpc) is 2.75. The molecule has 0 aliphatic heterocycles. The largest absolute Gasteiger partial charge is 0.433 e. The Morgan fingerprint density at radius 3 is 2.38 bits per heavy atom. The highest BCUT2D eigenvalue weighted by Crippen LogP contribution is 2.28. The summed E-state index contributed by atoms with van der Waals surface area (Å²) in [6.07, 6.45) is -0.251. The number of fused-ring (bicyclic) bond motifs is 1.